The van der Waals surface area contributed by atoms with E-state index in [-0.39, 0.29) is 10.9 Å². The number of sulfonamides is 1. The van der Waals surface area contributed by atoms with Crippen molar-refractivity contribution in [2.45, 2.75) is 24.3 Å². The van der Waals surface area contributed by atoms with E-state index >= 15 is 0 Å². The number of nitrogens with one attached hydrogen (secondary N) is 1. The highest BCUT2D eigenvalue weighted by Crippen LogP contribution is 2.32. The molecule has 19 heavy (non-hydrogen) atoms. The van der Waals surface area contributed by atoms with E-state index in [4.69, 9.17) is 21.1 Å². The van der Waals surface area contributed by atoms with Crippen LogP contribution in [0.5, 0.6) is 11.5 Å². The first kappa shape index (κ1) is 14.4. The predicted molar refractivity (Wildman–Crippen MR) is 72.6 cm³/mol. The zero-order valence-electron chi connectivity index (χ0n) is 10.6. The average molecular weight is 306 g/mol. The second-order valence-corrected chi connectivity index (χ2v) is 6.40. The first-order chi connectivity index (χ1) is 9.03. The van der Waals surface area contributed by atoms with Gasteiger partial charge in [-0.1, -0.05) is 0 Å². The zero-order chi connectivity index (χ0) is 13.9. The maximum atomic E-state index is 12.2. The van der Waals surface area contributed by atoms with E-state index in [0.717, 1.165) is 0 Å². The van der Waals surface area contributed by atoms with Gasteiger partial charge in [0, 0.05) is 18.0 Å². The summed E-state index contributed by atoms with van der Waals surface area (Å²) >= 11 is 5.59. The predicted octanol–water partition coefficient (Wildman–Crippen LogP) is 1.75. The molecule has 5 nitrogen and oxygen atoms in total. The van der Waals surface area contributed by atoms with Gasteiger partial charge in [-0.2, -0.15) is 0 Å². The minimum absolute atomic E-state index is 0.165. The van der Waals surface area contributed by atoms with Crippen LogP contribution in [0.1, 0.15) is 13.3 Å². The third kappa shape index (κ3) is 3.52. The van der Waals surface area contributed by atoms with Gasteiger partial charge in [0.05, 0.1) is 4.90 Å². The van der Waals surface area contributed by atoms with Crippen molar-refractivity contribution in [3.8, 4) is 11.5 Å². The van der Waals surface area contributed by atoms with Gasteiger partial charge in [-0.15, -0.1) is 11.6 Å². The zero-order valence-corrected chi connectivity index (χ0v) is 12.1. The summed E-state index contributed by atoms with van der Waals surface area (Å²) in [5.41, 5.74) is 0. The number of benzene rings is 1. The van der Waals surface area contributed by atoms with Gasteiger partial charge in [-0.25, -0.2) is 13.1 Å². The fourth-order valence-electron chi connectivity index (χ4n) is 1.75. The maximum absolute atomic E-state index is 12.2. The number of ether oxygens (including phenoxy) is 2. The molecule has 0 radical (unpaired) electrons. The van der Waals surface area contributed by atoms with Gasteiger partial charge >= 0.3 is 0 Å². The summed E-state index contributed by atoms with van der Waals surface area (Å²) in [7, 11) is -3.56. The highest BCUT2D eigenvalue weighted by molar-refractivity contribution is 7.89. The van der Waals surface area contributed by atoms with Crippen molar-refractivity contribution in [2.24, 2.45) is 0 Å². The number of hydrogen-bond donors (Lipinski definition) is 1. The highest BCUT2D eigenvalue weighted by Gasteiger charge is 2.20. The van der Waals surface area contributed by atoms with Crippen molar-refractivity contribution in [1.82, 2.24) is 4.72 Å². The van der Waals surface area contributed by atoms with Crippen LogP contribution in [0.25, 0.3) is 0 Å². The Balaban J connectivity index is 2.21. The van der Waals surface area contributed by atoms with E-state index in [9.17, 15) is 8.42 Å². The van der Waals surface area contributed by atoms with Gasteiger partial charge in [0.1, 0.15) is 13.2 Å². The molecule has 0 aromatic heterocycles. The van der Waals surface area contributed by atoms with Gasteiger partial charge in [-0.3, -0.25) is 0 Å². The van der Waals surface area contributed by atoms with Crippen LogP contribution in [0.15, 0.2) is 23.1 Å². The van der Waals surface area contributed by atoms with Gasteiger partial charge in [-0.05, 0) is 25.5 Å². The third-order valence-corrected chi connectivity index (χ3v) is 4.53. The normalized spacial score (nSPS) is 16.1. The van der Waals surface area contributed by atoms with Crippen LogP contribution in [0.3, 0.4) is 0 Å². The Morgan fingerprint density at radius 3 is 2.68 bits per heavy atom. The smallest absolute Gasteiger partial charge is 0.240 e. The highest BCUT2D eigenvalue weighted by atomic mass is 35.5. The van der Waals surface area contributed by atoms with Crippen LogP contribution in [-0.4, -0.2) is 33.6 Å². The quantitative estimate of drug-likeness (QED) is 0.842. The summed E-state index contributed by atoms with van der Waals surface area (Å²) in [4.78, 5) is 0.165. The van der Waals surface area contributed by atoms with Crippen LogP contribution in [-0.2, 0) is 10.0 Å². The molecule has 0 spiro atoms. The summed E-state index contributed by atoms with van der Waals surface area (Å²) in [6.07, 6.45) is 0.575. The molecule has 1 aliphatic heterocycles. The number of halogens is 1. The van der Waals surface area contributed by atoms with Crippen LogP contribution < -0.4 is 14.2 Å². The molecule has 1 atom stereocenters. The molecule has 2 rings (SSSR count). The fraction of sp³-hybridized carbons (Fsp3) is 0.500. The van der Waals surface area contributed by atoms with E-state index in [2.05, 4.69) is 4.72 Å². The second-order valence-electron chi connectivity index (χ2n) is 4.31. The fourth-order valence-corrected chi connectivity index (χ4v) is 3.37. The van der Waals surface area contributed by atoms with Crippen molar-refractivity contribution in [3.63, 3.8) is 0 Å². The van der Waals surface area contributed by atoms with E-state index in [0.29, 0.717) is 37.0 Å². The van der Waals surface area contributed by atoms with Crippen LogP contribution in [0, 0.1) is 0 Å². The minimum atomic E-state index is -3.56. The molecular formula is C12H16ClNO4S. The molecule has 1 N–H and O–H groups in total. The minimum Gasteiger partial charge on any atom is -0.486 e. The van der Waals surface area contributed by atoms with Gasteiger partial charge < -0.3 is 9.47 Å². The lowest BCUT2D eigenvalue weighted by molar-refractivity contribution is 0.171. The molecule has 0 amide bonds. The Labute approximate surface area is 117 Å². The number of alkyl halides is 1. The molecule has 1 heterocycles. The Morgan fingerprint density at radius 2 is 2.00 bits per heavy atom. The molecule has 0 saturated carbocycles. The standard InChI is InChI=1S/C12H16ClNO4S/c1-9(4-5-13)14-19(15,16)10-2-3-11-12(8-10)18-7-6-17-11/h2-3,8-9,14H,4-7H2,1H3. The van der Waals surface area contributed by atoms with Crippen LogP contribution >= 0.6 is 11.6 Å². The molecule has 1 aliphatic rings. The second kappa shape index (κ2) is 5.98. The van der Waals surface area contributed by atoms with E-state index in [1.165, 1.54) is 12.1 Å². The number of fused-ring (bicyclic) bond motifs is 1. The molecule has 0 fully saturated rings. The van der Waals surface area contributed by atoms with Gasteiger partial charge in [0.2, 0.25) is 10.0 Å². The molecule has 7 heteroatoms. The number of hydrogen-bond acceptors (Lipinski definition) is 4. The van der Waals surface area contributed by atoms with Gasteiger partial charge in [0.15, 0.2) is 11.5 Å². The molecule has 1 aromatic carbocycles. The third-order valence-electron chi connectivity index (χ3n) is 2.72. The monoisotopic (exact) mass is 305 g/mol. The van der Waals surface area contributed by atoms with Crippen LogP contribution in [0.2, 0.25) is 0 Å². The lowest BCUT2D eigenvalue weighted by Crippen LogP contribution is -2.33. The van der Waals surface area contributed by atoms with Crippen molar-refractivity contribution in [2.75, 3.05) is 19.1 Å². The Bertz CT molecular complexity index is 547. The maximum Gasteiger partial charge on any atom is 0.240 e. The summed E-state index contributed by atoms with van der Waals surface area (Å²) in [5, 5.41) is 0. The van der Waals surface area contributed by atoms with Crippen LogP contribution in [0.4, 0.5) is 0 Å². The van der Waals surface area contributed by atoms with E-state index in [1.54, 1.807) is 13.0 Å². The first-order valence-corrected chi connectivity index (χ1v) is 8.02. The summed E-state index contributed by atoms with van der Waals surface area (Å²) in [5.74, 6) is 1.43. The molecule has 1 aromatic rings. The molecule has 0 bridgehead atoms. The first-order valence-electron chi connectivity index (χ1n) is 6.01. The molecule has 0 aliphatic carbocycles. The Hall–Kier alpha value is -0.980. The van der Waals surface area contributed by atoms with Crippen molar-refractivity contribution < 1.29 is 17.9 Å². The van der Waals surface area contributed by atoms with E-state index in [1.807, 2.05) is 0 Å². The SMILES string of the molecule is CC(CCCl)NS(=O)(=O)c1ccc2c(c1)OCCO2. The topological polar surface area (TPSA) is 64.6 Å². The van der Waals surface area contributed by atoms with Gasteiger partial charge in [0.25, 0.3) is 0 Å². The molecular weight excluding hydrogens is 290 g/mol. The molecule has 0 saturated heterocycles. The Kier molecular flexibility index (Phi) is 4.54. The van der Waals surface area contributed by atoms with Crippen molar-refractivity contribution in [1.29, 1.82) is 0 Å². The largest absolute Gasteiger partial charge is 0.486 e. The molecule has 106 valence electrons. The summed E-state index contributed by atoms with van der Waals surface area (Å²) < 4.78 is 37.6. The van der Waals surface area contributed by atoms with Crippen molar-refractivity contribution >= 4 is 21.6 Å². The lowest BCUT2D eigenvalue weighted by atomic mass is 10.3. The number of rotatable bonds is 5. The average Bonchev–Trinajstić information content (AvgIpc) is 2.37. The Morgan fingerprint density at radius 1 is 1.32 bits per heavy atom. The van der Waals surface area contributed by atoms with E-state index < -0.39 is 10.0 Å². The summed E-state index contributed by atoms with van der Waals surface area (Å²) in [6.45, 7) is 2.68. The van der Waals surface area contributed by atoms with Crippen molar-refractivity contribution in [3.05, 3.63) is 18.2 Å². The summed E-state index contributed by atoms with van der Waals surface area (Å²) in [6, 6.07) is 4.37. The lowest BCUT2D eigenvalue weighted by Gasteiger charge is -2.19. The molecule has 1 unspecified atom stereocenters.